The maximum Gasteiger partial charge on any atom is 0.137 e. The topological polar surface area (TPSA) is 46.8 Å². The molecule has 0 atom stereocenters. The Bertz CT molecular complexity index is 600. The molecule has 0 aromatic carbocycles. The van der Waals surface area contributed by atoms with Crippen LogP contribution in [0.4, 0.5) is 5.82 Å². The molecule has 0 spiro atoms. The summed E-state index contributed by atoms with van der Waals surface area (Å²) in [5.41, 5.74) is 0.997. The Hall–Kier alpha value is -1.62. The van der Waals surface area contributed by atoms with E-state index in [1.54, 1.807) is 10.7 Å². The van der Waals surface area contributed by atoms with Gasteiger partial charge in [-0.05, 0) is 0 Å². The van der Waals surface area contributed by atoms with Gasteiger partial charge in [-0.3, -0.25) is 4.68 Å². The Morgan fingerprint density at radius 2 is 2.00 bits per heavy atom. The Morgan fingerprint density at radius 3 is 2.55 bits per heavy atom. The zero-order chi connectivity index (χ0) is 14.9. The van der Waals surface area contributed by atoms with Crippen LogP contribution in [0.5, 0.6) is 0 Å². The number of aromatic nitrogens is 4. The van der Waals surface area contributed by atoms with Gasteiger partial charge in [0.15, 0.2) is 0 Å². The predicted molar refractivity (Wildman–Crippen MR) is 81.1 cm³/mol. The fraction of sp³-hybridized carbons (Fsp3) is 0.500. The molecule has 2 aromatic rings. The molecule has 0 radical (unpaired) electrons. The van der Waals surface area contributed by atoms with E-state index < -0.39 is 0 Å². The van der Waals surface area contributed by atoms with Crippen molar-refractivity contribution in [2.45, 2.75) is 32.7 Å². The third-order valence-corrected chi connectivity index (χ3v) is 3.12. The number of rotatable bonds is 3. The fourth-order valence-corrected chi connectivity index (χ4v) is 2.02. The summed E-state index contributed by atoms with van der Waals surface area (Å²) in [6.07, 6.45) is 3.84. The van der Waals surface area contributed by atoms with Gasteiger partial charge in [-0.25, -0.2) is 9.97 Å². The van der Waals surface area contributed by atoms with E-state index in [4.69, 9.17) is 11.6 Å². The summed E-state index contributed by atoms with van der Waals surface area (Å²) < 4.78 is 1.79. The summed E-state index contributed by atoms with van der Waals surface area (Å²) in [6.45, 7) is 6.95. The highest BCUT2D eigenvalue weighted by Gasteiger charge is 2.19. The summed E-state index contributed by atoms with van der Waals surface area (Å²) in [4.78, 5) is 11.0. The SMILES string of the molecule is CN(Cc1cnn(C)c1)c1cc(Cl)nc(C(C)(C)C)n1. The molecule has 5 nitrogen and oxygen atoms in total. The van der Waals surface area contributed by atoms with Gasteiger partial charge >= 0.3 is 0 Å². The van der Waals surface area contributed by atoms with E-state index in [1.165, 1.54) is 0 Å². The van der Waals surface area contributed by atoms with Crippen LogP contribution in [0.2, 0.25) is 5.15 Å². The number of halogens is 1. The molecule has 2 rings (SSSR count). The summed E-state index contributed by atoms with van der Waals surface area (Å²) in [7, 11) is 3.89. The van der Waals surface area contributed by atoms with Crippen molar-refractivity contribution in [1.29, 1.82) is 0 Å². The fourth-order valence-electron chi connectivity index (χ4n) is 1.85. The minimum Gasteiger partial charge on any atom is -0.355 e. The summed E-state index contributed by atoms with van der Waals surface area (Å²) in [5, 5.41) is 4.64. The van der Waals surface area contributed by atoms with Gasteiger partial charge in [0.05, 0.1) is 6.20 Å². The monoisotopic (exact) mass is 293 g/mol. The molecular formula is C14H20ClN5. The van der Waals surface area contributed by atoms with Gasteiger partial charge in [0, 0.05) is 43.9 Å². The first-order chi connectivity index (χ1) is 9.25. The number of hydrogen-bond donors (Lipinski definition) is 0. The Labute approximate surface area is 124 Å². The molecule has 0 N–H and O–H groups in total. The minimum atomic E-state index is -0.130. The normalized spacial score (nSPS) is 11.7. The van der Waals surface area contributed by atoms with Crippen molar-refractivity contribution in [3.63, 3.8) is 0 Å². The van der Waals surface area contributed by atoms with Crippen molar-refractivity contribution in [2.75, 3.05) is 11.9 Å². The van der Waals surface area contributed by atoms with Gasteiger partial charge in [0.1, 0.15) is 16.8 Å². The van der Waals surface area contributed by atoms with Crippen LogP contribution in [0, 0.1) is 0 Å². The smallest absolute Gasteiger partial charge is 0.137 e. The molecule has 108 valence electrons. The van der Waals surface area contributed by atoms with Crippen LogP contribution in [0.1, 0.15) is 32.2 Å². The highest BCUT2D eigenvalue weighted by molar-refractivity contribution is 6.29. The van der Waals surface area contributed by atoms with Gasteiger partial charge in [0.25, 0.3) is 0 Å². The molecule has 0 aliphatic carbocycles. The summed E-state index contributed by atoms with van der Waals surface area (Å²) in [5.74, 6) is 1.57. The van der Waals surface area contributed by atoms with Crippen molar-refractivity contribution in [2.24, 2.45) is 7.05 Å². The van der Waals surface area contributed by atoms with Crippen LogP contribution < -0.4 is 4.90 Å². The van der Waals surface area contributed by atoms with Crippen LogP contribution in [0.15, 0.2) is 18.5 Å². The second kappa shape index (κ2) is 5.40. The third-order valence-electron chi connectivity index (χ3n) is 2.92. The average molecular weight is 294 g/mol. The van der Waals surface area contributed by atoms with E-state index >= 15 is 0 Å². The molecule has 2 aromatic heterocycles. The molecule has 0 saturated carbocycles. The van der Waals surface area contributed by atoms with Gasteiger partial charge in [0.2, 0.25) is 0 Å². The number of nitrogens with zero attached hydrogens (tertiary/aromatic N) is 5. The molecule has 0 saturated heterocycles. The maximum absolute atomic E-state index is 6.11. The molecule has 0 aliphatic heterocycles. The van der Waals surface area contributed by atoms with Crippen molar-refractivity contribution in [3.8, 4) is 0 Å². The zero-order valence-electron chi connectivity index (χ0n) is 12.6. The van der Waals surface area contributed by atoms with Gasteiger partial charge in [-0.1, -0.05) is 32.4 Å². The molecule has 0 bridgehead atoms. The van der Waals surface area contributed by atoms with E-state index in [1.807, 2.05) is 31.4 Å². The molecule has 20 heavy (non-hydrogen) atoms. The van der Waals surface area contributed by atoms with E-state index in [0.29, 0.717) is 5.15 Å². The molecule has 0 aliphatic rings. The second-order valence-electron chi connectivity index (χ2n) is 6.00. The molecule has 6 heteroatoms. The molecule has 0 fully saturated rings. The van der Waals surface area contributed by atoms with Crippen LogP contribution >= 0.6 is 11.6 Å². The lowest BCUT2D eigenvalue weighted by atomic mass is 9.96. The zero-order valence-corrected chi connectivity index (χ0v) is 13.3. The first kappa shape index (κ1) is 14.8. The van der Waals surface area contributed by atoms with Crippen molar-refractivity contribution >= 4 is 17.4 Å². The van der Waals surface area contributed by atoms with E-state index in [2.05, 4.69) is 35.8 Å². The lowest BCUT2D eigenvalue weighted by molar-refractivity contribution is 0.544. The summed E-state index contributed by atoms with van der Waals surface area (Å²) >= 11 is 6.11. The van der Waals surface area contributed by atoms with Gasteiger partial charge in [-0.15, -0.1) is 0 Å². The lowest BCUT2D eigenvalue weighted by Crippen LogP contribution is -2.22. The predicted octanol–water partition coefficient (Wildman–Crippen LogP) is 2.80. The molecule has 0 amide bonds. The highest BCUT2D eigenvalue weighted by atomic mass is 35.5. The standard InChI is InChI=1S/C14H20ClN5/c1-14(2,3)13-17-11(15)6-12(18-13)19(4)8-10-7-16-20(5)9-10/h6-7,9H,8H2,1-5H3. The van der Waals surface area contributed by atoms with Crippen molar-refractivity contribution in [1.82, 2.24) is 19.7 Å². The molecular weight excluding hydrogens is 274 g/mol. The van der Waals surface area contributed by atoms with Crippen molar-refractivity contribution < 1.29 is 0 Å². The third kappa shape index (κ3) is 3.48. The molecule has 2 heterocycles. The summed E-state index contributed by atoms with van der Waals surface area (Å²) in [6, 6.07) is 1.78. The number of hydrogen-bond acceptors (Lipinski definition) is 4. The van der Waals surface area contributed by atoms with E-state index in [-0.39, 0.29) is 5.41 Å². The van der Waals surface area contributed by atoms with Crippen LogP contribution in [-0.2, 0) is 19.0 Å². The van der Waals surface area contributed by atoms with E-state index in [0.717, 1.165) is 23.8 Å². The van der Waals surface area contributed by atoms with Crippen LogP contribution in [-0.4, -0.2) is 26.8 Å². The maximum atomic E-state index is 6.11. The second-order valence-corrected chi connectivity index (χ2v) is 6.39. The van der Waals surface area contributed by atoms with Crippen molar-refractivity contribution in [3.05, 3.63) is 35.0 Å². The van der Waals surface area contributed by atoms with E-state index in [9.17, 15) is 0 Å². The Kier molecular flexibility index (Phi) is 3.99. The number of aryl methyl sites for hydroxylation is 1. The highest BCUT2D eigenvalue weighted by Crippen LogP contribution is 2.24. The van der Waals surface area contributed by atoms with Gasteiger partial charge in [-0.2, -0.15) is 5.10 Å². The largest absolute Gasteiger partial charge is 0.355 e. The first-order valence-corrected chi connectivity index (χ1v) is 6.87. The number of anilines is 1. The lowest BCUT2D eigenvalue weighted by Gasteiger charge is -2.22. The average Bonchev–Trinajstić information content (AvgIpc) is 2.72. The Morgan fingerprint density at radius 1 is 1.30 bits per heavy atom. The van der Waals surface area contributed by atoms with Crippen LogP contribution in [0.25, 0.3) is 0 Å². The quantitative estimate of drug-likeness (QED) is 0.817. The Balaban J connectivity index is 2.25. The van der Waals surface area contributed by atoms with Crippen LogP contribution in [0.3, 0.4) is 0 Å². The van der Waals surface area contributed by atoms with Gasteiger partial charge < -0.3 is 4.90 Å². The molecule has 0 unspecified atom stereocenters. The minimum absolute atomic E-state index is 0.130. The first-order valence-electron chi connectivity index (χ1n) is 6.49.